The Morgan fingerprint density at radius 3 is 2.23 bits per heavy atom. The molecule has 35 heavy (non-hydrogen) atoms. The van der Waals surface area contributed by atoms with Crippen molar-refractivity contribution in [3.05, 3.63) is 109 Å². The van der Waals surface area contributed by atoms with E-state index >= 15 is 0 Å². The maximum Gasteiger partial charge on any atom is 0.489 e. The van der Waals surface area contributed by atoms with Crippen LogP contribution in [0, 0.1) is 0 Å². The van der Waals surface area contributed by atoms with Crippen LogP contribution in [0.2, 0.25) is 0 Å². The van der Waals surface area contributed by atoms with Crippen LogP contribution in [0.25, 0.3) is 60.6 Å². The second-order valence-corrected chi connectivity index (χ2v) is 8.79. The Labute approximate surface area is 201 Å². The first-order valence-electron chi connectivity index (χ1n) is 11.6. The van der Waals surface area contributed by atoms with E-state index in [1.807, 2.05) is 18.2 Å². The van der Waals surface area contributed by atoms with Gasteiger partial charge in [0.1, 0.15) is 11.2 Å². The zero-order chi connectivity index (χ0) is 23.5. The molecule has 0 unspecified atom stereocenters. The van der Waals surface area contributed by atoms with Gasteiger partial charge in [-0.3, -0.25) is 0 Å². The summed E-state index contributed by atoms with van der Waals surface area (Å²) < 4.78 is 8.33. The van der Waals surface area contributed by atoms with E-state index in [1.165, 1.54) is 10.8 Å². The van der Waals surface area contributed by atoms with Crippen LogP contribution >= 0.6 is 0 Å². The average molecular weight is 453 g/mol. The van der Waals surface area contributed by atoms with Crippen LogP contribution < -0.4 is 5.46 Å². The van der Waals surface area contributed by atoms with E-state index in [-0.39, 0.29) is 0 Å². The van der Waals surface area contributed by atoms with Gasteiger partial charge in [0.25, 0.3) is 0 Å². The van der Waals surface area contributed by atoms with Crippen molar-refractivity contribution in [3.8, 4) is 16.8 Å². The first-order chi connectivity index (χ1) is 17.2. The van der Waals surface area contributed by atoms with Gasteiger partial charge >= 0.3 is 7.12 Å². The number of furan rings is 1. The minimum atomic E-state index is -1.57. The zero-order valence-corrected chi connectivity index (χ0v) is 18.7. The molecule has 0 saturated heterocycles. The van der Waals surface area contributed by atoms with E-state index in [9.17, 15) is 10.0 Å². The van der Waals surface area contributed by atoms with E-state index in [1.54, 1.807) is 12.1 Å². The van der Waals surface area contributed by atoms with E-state index < -0.39 is 7.12 Å². The van der Waals surface area contributed by atoms with Gasteiger partial charge in [0.15, 0.2) is 0 Å². The fraction of sp³-hybridized carbons (Fsp3) is 0. The van der Waals surface area contributed by atoms with Gasteiger partial charge in [-0.15, -0.1) is 0 Å². The lowest BCUT2D eigenvalue weighted by molar-refractivity contribution is 0.426. The summed E-state index contributed by atoms with van der Waals surface area (Å²) in [5.74, 6) is 0. The lowest BCUT2D eigenvalue weighted by Gasteiger charge is -2.09. The van der Waals surface area contributed by atoms with Gasteiger partial charge in [0, 0.05) is 27.2 Å². The van der Waals surface area contributed by atoms with E-state index in [4.69, 9.17) is 4.42 Å². The third-order valence-corrected chi connectivity index (χ3v) is 6.83. The molecule has 0 amide bonds. The first kappa shape index (κ1) is 20.1. The van der Waals surface area contributed by atoms with Crippen molar-refractivity contribution >= 4 is 56.3 Å². The van der Waals surface area contributed by atoms with Crippen LogP contribution in [0.15, 0.2) is 114 Å². The monoisotopic (exact) mass is 453 g/mol. The SMILES string of the molecule is OB(O)c1cccc2oc3ccc(-c4cccc5c4c4ccccc4n5-c4ccccc4)cc3c12. The standard InChI is InChI=1S/C30H20BNO3/c33-31(34)24-12-7-15-28-30(24)23-18-19(16-17-27(23)35-28)21-11-6-14-26-29(21)22-10-4-5-13-25(22)32(26)20-8-2-1-3-9-20/h1-18,33-34H. The zero-order valence-electron chi connectivity index (χ0n) is 18.7. The van der Waals surface area contributed by atoms with Crippen molar-refractivity contribution in [2.45, 2.75) is 0 Å². The molecule has 2 heterocycles. The van der Waals surface area contributed by atoms with Gasteiger partial charge in [-0.25, -0.2) is 0 Å². The van der Waals surface area contributed by atoms with Crippen molar-refractivity contribution in [3.63, 3.8) is 0 Å². The van der Waals surface area contributed by atoms with Crippen LogP contribution in [-0.2, 0) is 0 Å². The number of hydrogen-bond acceptors (Lipinski definition) is 3. The highest BCUT2D eigenvalue weighted by molar-refractivity contribution is 6.62. The van der Waals surface area contributed by atoms with Gasteiger partial charge < -0.3 is 19.0 Å². The molecule has 0 aliphatic heterocycles. The number of nitrogens with zero attached hydrogens (tertiary/aromatic N) is 1. The number of rotatable bonds is 3. The molecule has 7 aromatic rings. The highest BCUT2D eigenvalue weighted by Crippen LogP contribution is 2.40. The molecule has 0 radical (unpaired) electrons. The second-order valence-electron chi connectivity index (χ2n) is 8.79. The molecule has 5 heteroatoms. The average Bonchev–Trinajstić information content (AvgIpc) is 3.44. The Balaban J connectivity index is 1.56. The van der Waals surface area contributed by atoms with Crippen LogP contribution in [0.5, 0.6) is 0 Å². The van der Waals surface area contributed by atoms with E-state index in [0.717, 1.165) is 44.2 Å². The molecular weight excluding hydrogens is 433 g/mol. The Morgan fingerprint density at radius 2 is 1.37 bits per heavy atom. The minimum absolute atomic E-state index is 0.442. The molecular formula is C30H20BNO3. The molecule has 0 atom stereocenters. The predicted octanol–water partition coefficient (Wildman–Crippen LogP) is 6.03. The summed E-state index contributed by atoms with van der Waals surface area (Å²) in [7, 11) is -1.57. The second kappa shape index (κ2) is 7.60. The summed E-state index contributed by atoms with van der Waals surface area (Å²) in [4.78, 5) is 0. The summed E-state index contributed by atoms with van der Waals surface area (Å²) in [5.41, 5.74) is 7.37. The van der Waals surface area contributed by atoms with Crippen molar-refractivity contribution in [1.82, 2.24) is 4.57 Å². The molecule has 7 rings (SSSR count). The van der Waals surface area contributed by atoms with Crippen LogP contribution in [-0.4, -0.2) is 21.7 Å². The van der Waals surface area contributed by atoms with Gasteiger partial charge in [-0.2, -0.15) is 0 Å². The molecule has 4 nitrogen and oxygen atoms in total. The van der Waals surface area contributed by atoms with Crippen LogP contribution in [0.3, 0.4) is 0 Å². The number of para-hydroxylation sites is 2. The summed E-state index contributed by atoms with van der Waals surface area (Å²) in [6.45, 7) is 0. The smallest absolute Gasteiger partial charge is 0.456 e. The number of aromatic nitrogens is 1. The molecule has 0 bridgehead atoms. The predicted molar refractivity (Wildman–Crippen MR) is 143 cm³/mol. The molecule has 0 aliphatic carbocycles. The number of fused-ring (bicyclic) bond motifs is 6. The number of hydrogen-bond donors (Lipinski definition) is 2. The summed E-state index contributed by atoms with van der Waals surface area (Å²) in [5, 5.41) is 23.9. The van der Waals surface area contributed by atoms with Gasteiger partial charge in [-0.05, 0) is 59.1 Å². The quantitative estimate of drug-likeness (QED) is 0.321. The molecule has 0 aliphatic rings. The van der Waals surface area contributed by atoms with Gasteiger partial charge in [0.2, 0.25) is 0 Å². The van der Waals surface area contributed by atoms with Crippen LogP contribution in [0.4, 0.5) is 0 Å². The summed E-state index contributed by atoms with van der Waals surface area (Å²) in [6, 6.07) is 36.8. The number of benzene rings is 5. The highest BCUT2D eigenvalue weighted by atomic mass is 16.4. The summed E-state index contributed by atoms with van der Waals surface area (Å²) in [6.07, 6.45) is 0. The van der Waals surface area contributed by atoms with E-state index in [0.29, 0.717) is 11.0 Å². The van der Waals surface area contributed by atoms with Gasteiger partial charge in [0.05, 0.1) is 11.0 Å². The van der Waals surface area contributed by atoms with Crippen molar-refractivity contribution in [1.29, 1.82) is 0 Å². The molecule has 166 valence electrons. The van der Waals surface area contributed by atoms with Gasteiger partial charge in [-0.1, -0.05) is 66.7 Å². The topological polar surface area (TPSA) is 58.5 Å². The molecule has 0 fully saturated rings. The normalized spacial score (nSPS) is 11.7. The molecule has 2 N–H and O–H groups in total. The third kappa shape index (κ3) is 2.96. The van der Waals surface area contributed by atoms with Crippen molar-refractivity contribution < 1.29 is 14.5 Å². The lowest BCUT2D eigenvalue weighted by Crippen LogP contribution is -2.30. The molecule has 0 spiro atoms. The Hall–Kier alpha value is -4.32. The maximum absolute atomic E-state index is 9.97. The molecule has 0 saturated carbocycles. The maximum atomic E-state index is 9.97. The van der Waals surface area contributed by atoms with Crippen LogP contribution in [0.1, 0.15) is 0 Å². The molecule has 2 aromatic heterocycles. The first-order valence-corrected chi connectivity index (χ1v) is 11.6. The Kier molecular flexibility index (Phi) is 4.36. The van der Waals surface area contributed by atoms with Crippen molar-refractivity contribution in [2.75, 3.05) is 0 Å². The van der Waals surface area contributed by atoms with Crippen molar-refractivity contribution in [2.24, 2.45) is 0 Å². The third-order valence-electron chi connectivity index (χ3n) is 6.83. The molecule has 5 aromatic carbocycles. The Bertz CT molecular complexity index is 1880. The fourth-order valence-electron chi connectivity index (χ4n) is 5.35. The summed E-state index contributed by atoms with van der Waals surface area (Å²) >= 11 is 0. The highest BCUT2D eigenvalue weighted by Gasteiger charge is 2.20. The van der Waals surface area contributed by atoms with E-state index in [2.05, 4.69) is 83.4 Å². The minimum Gasteiger partial charge on any atom is -0.456 e. The fourth-order valence-corrected chi connectivity index (χ4v) is 5.35. The largest absolute Gasteiger partial charge is 0.489 e. The lowest BCUT2D eigenvalue weighted by atomic mass is 9.77. The Morgan fingerprint density at radius 1 is 0.600 bits per heavy atom.